The normalized spacial score (nSPS) is 28.1. The van der Waals surface area contributed by atoms with Crippen LogP contribution >= 0.6 is 0 Å². The van der Waals surface area contributed by atoms with Gasteiger partial charge in [-0.25, -0.2) is 4.98 Å². The Kier molecular flexibility index (Phi) is 5.02. The van der Waals surface area contributed by atoms with Crippen LogP contribution in [-0.2, 0) is 16.1 Å². The number of aromatic nitrogens is 1. The second-order valence-electron chi connectivity index (χ2n) is 7.35. The van der Waals surface area contributed by atoms with Crippen molar-refractivity contribution in [1.29, 1.82) is 0 Å². The second-order valence-corrected chi connectivity index (χ2v) is 7.35. The van der Waals surface area contributed by atoms with E-state index in [1.165, 1.54) is 4.90 Å². The van der Waals surface area contributed by atoms with Crippen molar-refractivity contribution in [1.82, 2.24) is 20.5 Å². The molecule has 148 valence electrons. The van der Waals surface area contributed by atoms with Gasteiger partial charge >= 0.3 is 0 Å². The van der Waals surface area contributed by atoms with E-state index in [9.17, 15) is 9.59 Å². The predicted molar refractivity (Wildman–Crippen MR) is 103 cm³/mol. The molecule has 2 heterocycles. The van der Waals surface area contributed by atoms with Gasteiger partial charge in [-0.2, -0.15) is 0 Å². The third-order valence-corrected chi connectivity index (χ3v) is 5.90. The van der Waals surface area contributed by atoms with E-state index in [1.54, 1.807) is 20.4 Å². The summed E-state index contributed by atoms with van der Waals surface area (Å²) in [5.74, 6) is 1.33. The Hall–Kier alpha value is -2.90. The quantitative estimate of drug-likeness (QED) is 0.323. The fourth-order valence-electron chi connectivity index (χ4n) is 4.61. The zero-order valence-electron chi connectivity index (χ0n) is 16.1. The minimum Gasteiger partial charge on any atom is -0.481 e. The number of aliphatic imine (C=N–C) groups is 1. The summed E-state index contributed by atoms with van der Waals surface area (Å²) in [5, 5.41) is 6.36. The Morgan fingerprint density at radius 1 is 1.25 bits per heavy atom. The van der Waals surface area contributed by atoms with Crippen LogP contribution in [0.1, 0.15) is 12.0 Å². The first kappa shape index (κ1) is 18.5. The number of allylic oxidation sites excluding steroid dienone is 2. The number of fused-ring (bicyclic) bond motifs is 5. The fraction of sp³-hybridized carbons (Fsp3) is 0.500. The molecule has 2 bridgehead atoms. The highest BCUT2D eigenvalue weighted by atomic mass is 16.5. The smallest absolute Gasteiger partial charge is 0.233 e. The number of carbonyl (C=O) groups is 2. The van der Waals surface area contributed by atoms with E-state index in [-0.39, 0.29) is 35.5 Å². The molecule has 4 atom stereocenters. The number of guanidine groups is 1. The maximum Gasteiger partial charge on any atom is 0.233 e. The van der Waals surface area contributed by atoms with Crippen molar-refractivity contribution in [3.8, 4) is 5.88 Å². The van der Waals surface area contributed by atoms with E-state index < -0.39 is 0 Å². The van der Waals surface area contributed by atoms with Crippen LogP contribution in [0.15, 0.2) is 35.5 Å². The molecule has 28 heavy (non-hydrogen) atoms. The number of imide groups is 1. The predicted octanol–water partition coefficient (Wildman–Crippen LogP) is 0.562. The number of nitrogens with zero attached hydrogens (tertiary/aromatic N) is 3. The molecule has 0 spiro atoms. The van der Waals surface area contributed by atoms with Crippen LogP contribution < -0.4 is 15.4 Å². The molecule has 1 saturated carbocycles. The number of hydrogen-bond donors (Lipinski definition) is 2. The molecule has 0 radical (unpaired) electrons. The zero-order valence-corrected chi connectivity index (χ0v) is 16.1. The van der Waals surface area contributed by atoms with E-state index in [0.717, 1.165) is 12.0 Å². The lowest BCUT2D eigenvalue weighted by molar-refractivity contribution is -0.140. The summed E-state index contributed by atoms with van der Waals surface area (Å²) < 4.78 is 5.24. The van der Waals surface area contributed by atoms with Gasteiger partial charge in [0.1, 0.15) is 0 Å². The van der Waals surface area contributed by atoms with Crippen molar-refractivity contribution in [3.63, 3.8) is 0 Å². The molecule has 1 aromatic heterocycles. The maximum absolute atomic E-state index is 12.7. The molecule has 2 aliphatic carbocycles. The first-order valence-electron chi connectivity index (χ1n) is 9.60. The number of ether oxygens (including phenoxy) is 1. The van der Waals surface area contributed by atoms with Gasteiger partial charge in [0.15, 0.2) is 5.96 Å². The van der Waals surface area contributed by atoms with Gasteiger partial charge in [0, 0.05) is 38.4 Å². The van der Waals surface area contributed by atoms with Gasteiger partial charge in [0.25, 0.3) is 0 Å². The fourth-order valence-corrected chi connectivity index (χ4v) is 4.61. The molecule has 2 amide bonds. The number of pyridine rings is 1. The Bertz CT molecular complexity index is 807. The molecule has 2 fully saturated rings. The van der Waals surface area contributed by atoms with Crippen LogP contribution in [-0.4, -0.2) is 54.9 Å². The zero-order chi connectivity index (χ0) is 19.7. The highest BCUT2D eigenvalue weighted by molar-refractivity contribution is 6.06. The monoisotopic (exact) mass is 383 g/mol. The lowest BCUT2D eigenvalue weighted by atomic mass is 9.85. The van der Waals surface area contributed by atoms with Gasteiger partial charge in [-0.15, -0.1) is 0 Å². The van der Waals surface area contributed by atoms with Crippen molar-refractivity contribution in [2.75, 3.05) is 27.2 Å². The Balaban J connectivity index is 1.28. The third kappa shape index (κ3) is 3.12. The molecule has 1 saturated heterocycles. The summed E-state index contributed by atoms with van der Waals surface area (Å²) >= 11 is 0. The van der Waals surface area contributed by atoms with Crippen LogP contribution in [0.25, 0.3) is 0 Å². The van der Waals surface area contributed by atoms with Crippen molar-refractivity contribution >= 4 is 17.8 Å². The van der Waals surface area contributed by atoms with Crippen molar-refractivity contribution in [2.45, 2.75) is 13.0 Å². The van der Waals surface area contributed by atoms with Crippen LogP contribution in [0.5, 0.6) is 5.88 Å². The summed E-state index contributed by atoms with van der Waals surface area (Å²) in [4.78, 5) is 35.2. The largest absolute Gasteiger partial charge is 0.481 e. The van der Waals surface area contributed by atoms with Crippen LogP contribution in [0, 0.1) is 23.7 Å². The lowest BCUT2D eigenvalue weighted by Gasteiger charge is -2.18. The van der Waals surface area contributed by atoms with Gasteiger partial charge in [-0.05, 0) is 24.3 Å². The number of carbonyl (C=O) groups excluding carboxylic acids is 2. The number of likely N-dealkylation sites (tertiary alicyclic amines) is 1. The molecule has 3 aliphatic rings. The molecule has 8 nitrogen and oxygen atoms in total. The highest BCUT2D eigenvalue weighted by Gasteiger charge is 2.58. The Morgan fingerprint density at radius 2 is 1.96 bits per heavy atom. The van der Waals surface area contributed by atoms with E-state index >= 15 is 0 Å². The topological polar surface area (TPSA) is 95.9 Å². The van der Waals surface area contributed by atoms with E-state index in [0.29, 0.717) is 31.5 Å². The van der Waals surface area contributed by atoms with Crippen LogP contribution in [0.3, 0.4) is 0 Å². The van der Waals surface area contributed by atoms with Crippen LogP contribution in [0.2, 0.25) is 0 Å². The number of methoxy groups -OCH3 is 1. The Morgan fingerprint density at radius 3 is 2.61 bits per heavy atom. The van der Waals surface area contributed by atoms with Gasteiger partial charge in [-0.3, -0.25) is 19.5 Å². The molecule has 2 N–H and O–H groups in total. The number of nitrogens with one attached hydrogen (secondary N) is 2. The van der Waals surface area contributed by atoms with Gasteiger partial charge in [0.05, 0.1) is 18.9 Å². The third-order valence-electron chi connectivity index (χ3n) is 5.90. The van der Waals surface area contributed by atoms with Gasteiger partial charge in [-0.1, -0.05) is 18.2 Å². The van der Waals surface area contributed by atoms with E-state index in [2.05, 4.69) is 32.8 Å². The number of amides is 2. The number of hydrogen-bond acceptors (Lipinski definition) is 5. The molecule has 1 aromatic rings. The lowest BCUT2D eigenvalue weighted by Crippen LogP contribution is -2.43. The van der Waals surface area contributed by atoms with Gasteiger partial charge < -0.3 is 15.4 Å². The minimum absolute atomic E-state index is 0.0170. The first-order chi connectivity index (χ1) is 13.6. The molecule has 4 unspecified atom stereocenters. The molecular formula is C20H25N5O3. The molecule has 1 aliphatic heterocycles. The SMILES string of the molecule is CN=C(NCCN1C(=O)C2C3C=CC(C3)C2C1=O)NCc1cccnc1OC. The average Bonchev–Trinajstić information content (AvgIpc) is 3.40. The second kappa shape index (κ2) is 7.61. The minimum atomic E-state index is -0.141. The van der Waals surface area contributed by atoms with Crippen molar-refractivity contribution < 1.29 is 14.3 Å². The molecule has 8 heteroatoms. The average molecular weight is 383 g/mol. The summed E-state index contributed by atoms with van der Waals surface area (Å²) in [7, 11) is 3.26. The molecular weight excluding hydrogens is 358 g/mol. The maximum atomic E-state index is 12.7. The summed E-state index contributed by atoms with van der Waals surface area (Å²) in [5.41, 5.74) is 0.911. The molecule has 0 aromatic carbocycles. The van der Waals surface area contributed by atoms with Gasteiger partial charge in [0.2, 0.25) is 17.7 Å². The summed E-state index contributed by atoms with van der Waals surface area (Å²) in [6.45, 7) is 1.29. The van der Waals surface area contributed by atoms with Crippen molar-refractivity contribution in [2.24, 2.45) is 28.7 Å². The van der Waals surface area contributed by atoms with Crippen molar-refractivity contribution in [3.05, 3.63) is 36.0 Å². The van der Waals surface area contributed by atoms with E-state index in [1.807, 2.05) is 12.1 Å². The molecule has 4 rings (SSSR count). The number of rotatable bonds is 6. The van der Waals surface area contributed by atoms with E-state index in [4.69, 9.17) is 4.74 Å². The summed E-state index contributed by atoms with van der Waals surface area (Å²) in [6.07, 6.45) is 6.85. The Labute approximate surface area is 164 Å². The standard InChI is InChI=1S/C20H25N5O3/c1-21-20(24-11-14-4-3-7-22-17(14)28-2)23-8-9-25-18(26)15-12-5-6-13(10-12)16(15)19(25)27/h3-7,12-13,15-16H,8-11H2,1-2H3,(H2,21,23,24). The summed E-state index contributed by atoms with van der Waals surface area (Å²) in [6, 6.07) is 3.77. The highest BCUT2D eigenvalue weighted by Crippen LogP contribution is 2.52. The first-order valence-corrected chi connectivity index (χ1v) is 9.60. The van der Waals surface area contributed by atoms with Crippen LogP contribution in [0.4, 0.5) is 0 Å².